The standard InChI is InChI=1S/C29H33N3O4/c1-29(2,15-20-7-8-21-5-3-4-6-22(21)13-20)32-17-25(33)19-36-26-10-9-23(14-24(26)16-30)28(34)27-18-31-11-12-35-27/h3-10,13-14,25,27,31-33H,11-12,15,17-19H2,1-2H3/t25-,27?/m1/s1. The average molecular weight is 488 g/mol. The second-order valence-corrected chi connectivity index (χ2v) is 9.84. The Bertz CT molecular complexity index is 1240. The van der Waals surface area contributed by atoms with Crippen LogP contribution in [0.4, 0.5) is 0 Å². The molecule has 188 valence electrons. The van der Waals surface area contributed by atoms with Crippen LogP contribution >= 0.6 is 0 Å². The third-order valence-electron chi connectivity index (χ3n) is 6.31. The Morgan fingerprint density at radius 3 is 2.78 bits per heavy atom. The highest BCUT2D eigenvalue weighted by molar-refractivity contribution is 6.00. The number of hydrogen-bond donors (Lipinski definition) is 3. The molecule has 1 aliphatic heterocycles. The highest BCUT2D eigenvalue weighted by atomic mass is 16.5. The van der Waals surface area contributed by atoms with Crippen LogP contribution in [-0.4, -0.2) is 61.5 Å². The summed E-state index contributed by atoms with van der Waals surface area (Å²) < 4.78 is 11.3. The molecule has 0 aliphatic carbocycles. The van der Waals surface area contributed by atoms with Crippen LogP contribution in [0.5, 0.6) is 5.75 Å². The zero-order valence-corrected chi connectivity index (χ0v) is 20.8. The summed E-state index contributed by atoms with van der Waals surface area (Å²) in [6, 6.07) is 21.6. The lowest BCUT2D eigenvalue weighted by atomic mass is 9.93. The summed E-state index contributed by atoms with van der Waals surface area (Å²) in [6.07, 6.45) is -0.516. The summed E-state index contributed by atoms with van der Waals surface area (Å²) in [6.45, 7) is 6.22. The predicted octanol–water partition coefficient (Wildman–Crippen LogP) is 3.23. The average Bonchev–Trinajstić information content (AvgIpc) is 2.90. The maximum Gasteiger partial charge on any atom is 0.192 e. The Hall–Kier alpha value is -3.28. The smallest absolute Gasteiger partial charge is 0.192 e. The molecular formula is C29H33N3O4. The molecule has 7 heteroatoms. The lowest BCUT2D eigenvalue weighted by Crippen LogP contribution is -2.46. The molecule has 4 rings (SSSR count). The van der Waals surface area contributed by atoms with E-state index in [1.165, 1.54) is 22.4 Å². The quantitative estimate of drug-likeness (QED) is 0.377. The molecule has 36 heavy (non-hydrogen) atoms. The number of β-amino-alcohol motifs (C(OH)–C–C–N with tert-alkyl or cyclic N) is 1. The van der Waals surface area contributed by atoms with Crippen molar-refractivity contribution in [1.29, 1.82) is 5.26 Å². The van der Waals surface area contributed by atoms with Gasteiger partial charge in [0.1, 0.15) is 30.6 Å². The van der Waals surface area contributed by atoms with Crippen molar-refractivity contribution in [3.05, 3.63) is 77.4 Å². The summed E-state index contributed by atoms with van der Waals surface area (Å²) >= 11 is 0. The van der Waals surface area contributed by atoms with E-state index >= 15 is 0 Å². The van der Waals surface area contributed by atoms with Crippen LogP contribution in [0, 0.1) is 11.3 Å². The second kappa shape index (κ2) is 11.6. The number of aliphatic hydroxyl groups is 1. The fourth-order valence-electron chi connectivity index (χ4n) is 4.38. The van der Waals surface area contributed by atoms with Crippen molar-refractivity contribution in [3.63, 3.8) is 0 Å². The van der Waals surface area contributed by atoms with Gasteiger partial charge < -0.3 is 25.2 Å². The molecule has 3 aromatic carbocycles. The van der Waals surface area contributed by atoms with Gasteiger partial charge in [0.05, 0.1) is 12.2 Å². The zero-order chi connectivity index (χ0) is 25.5. The van der Waals surface area contributed by atoms with Gasteiger partial charge in [-0.3, -0.25) is 4.79 Å². The summed E-state index contributed by atoms with van der Waals surface area (Å²) in [4.78, 5) is 12.7. The minimum Gasteiger partial charge on any atom is -0.489 e. The molecule has 3 N–H and O–H groups in total. The predicted molar refractivity (Wildman–Crippen MR) is 139 cm³/mol. The molecule has 1 saturated heterocycles. The molecule has 0 amide bonds. The number of aliphatic hydroxyl groups excluding tert-OH is 1. The molecule has 0 aromatic heterocycles. The first-order valence-corrected chi connectivity index (χ1v) is 12.3. The molecule has 0 radical (unpaired) electrons. The summed E-state index contributed by atoms with van der Waals surface area (Å²) in [5.41, 5.74) is 1.64. The maximum atomic E-state index is 12.7. The molecule has 0 saturated carbocycles. The number of nitriles is 1. The lowest BCUT2D eigenvalue weighted by molar-refractivity contribution is 0.0269. The number of ether oxygens (including phenoxy) is 2. The molecule has 1 fully saturated rings. The SMILES string of the molecule is CC(C)(Cc1ccc2ccccc2c1)NC[C@@H](O)COc1ccc(C(=O)C2CNCCO2)cc1C#N. The number of ketones is 1. The highest BCUT2D eigenvalue weighted by Crippen LogP contribution is 2.22. The number of nitrogens with zero attached hydrogens (tertiary/aromatic N) is 1. The second-order valence-electron chi connectivity index (χ2n) is 9.84. The number of benzene rings is 3. The fourth-order valence-corrected chi connectivity index (χ4v) is 4.38. The Morgan fingerprint density at radius 2 is 2.03 bits per heavy atom. The highest BCUT2D eigenvalue weighted by Gasteiger charge is 2.24. The van der Waals surface area contributed by atoms with Crippen LogP contribution in [-0.2, 0) is 11.2 Å². The molecule has 1 aliphatic rings. The van der Waals surface area contributed by atoms with E-state index in [1.807, 2.05) is 12.1 Å². The van der Waals surface area contributed by atoms with Gasteiger partial charge >= 0.3 is 0 Å². The van der Waals surface area contributed by atoms with Gasteiger partial charge in [-0.25, -0.2) is 0 Å². The number of carbonyl (C=O) groups is 1. The van der Waals surface area contributed by atoms with Crippen LogP contribution in [0.1, 0.15) is 35.3 Å². The topological polar surface area (TPSA) is 104 Å². The van der Waals surface area contributed by atoms with E-state index in [4.69, 9.17) is 9.47 Å². The number of carbonyl (C=O) groups excluding carboxylic acids is 1. The lowest BCUT2D eigenvalue weighted by Gasteiger charge is -2.28. The molecule has 2 atom stereocenters. The minimum atomic E-state index is -0.768. The van der Waals surface area contributed by atoms with Crippen molar-refractivity contribution < 1.29 is 19.4 Å². The summed E-state index contributed by atoms with van der Waals surface area (Å²) in [5.74, 6) is 0.175. The summed E-state index contributed by atoms with van der Waals surface area (Å²) in [7, 11) is 0. The number of Topliss-reactive ketones (excluding diaryl/α,β-unsaturated/α-hetero) is 1. The van der Waals surface area contributed by atoms with Gasteiger partial charge in [0.25, 0.3) is 0 Å². The largest absolute Gasteiger partial charge is 0.489 e. The van der Waals surface area contributed by atoms with E-state index < -0.39 is 12.2 Å². The van der Waals surface area contributed by atoms with E-state index in [0.29, 0.717) is 31.0 Å². The number of nitrogens with one attached hydrogen (secondary N) is 2. The summed E-state index contributed by atoms with van der Waals surface area (Å²) in [5, 5.41) is 29.0. The Morgan fingerprint density at radius 1 is 1.22 bits per heavy atom. The number of hydrogen-bond acceptors (Lipinski definition) is 7. The molecule has 0 spiro atoms. The van der Waals surface area contributed by atoms with Crippen molar-refractivity contribution in [1.82, 2.24) is 10.6 Å². The monoisotopic (exact) mass is 487 g/mol. The van der Waals surface area contributed by atoms with Crippen LogP contribution in [0.25, 0.3) is 10.8 Å². The van der Waals surface area contributed by atoms with E-state index in [0.717, 1.165) is 13.0 Å². The minimum absolute atomic E-state index is 0.0245. The first kappa shape index (κ1) is 25.8. The maximum absolute atomic E-state index is 12.7. The van der Waals surface area contributed by atoms with Crippen LogP contribution in [0.2, 0.25) is 0 Å². The number of rotatable bonds is 10. The van der Waals surface area contributed by atoms with E-state index in [2.05, 4.69) is 60.9 Å². The third kappa shape index (κ3) is 6.68. The molecule has 0 bridgehead atoms. The van der Waals surface area contributed by atoms with Gasteiger partial charge in [-0.05, 0) is 54.8 Å². The van der Waals surface area contributed by atoms with Crippen molar-refractivity contribution in [2.45, 2.75) is 38.0 Å². The van der Waals surface area contributed by atoms with Crippen LogP contribution in [0.15, 0.2) is 60.7 Å². The molecule has 7 nitrogen and oxygen atoms in total. The van der Waals surface area contributed by atoms with Crippen LogP contribution in [0.3, 0.4) is 0 Å². The van der Waals surface area contributed by atoms with Gasteiger partial charge in [0.2, 0.25) is 0 Å². The van der Waals surface area contributed by atoms with Crippen molar-refractivity contribution in [3.8, 4) is 11.8 Å². The zero-order valence-electron chi connectivity index (χ0n) is 20.8. The van der Waals surface area contributed by atoms with E-state index in [1.54, 1.807) is 12.1 Å². The Labute approximate surface area is 212 Å². The first-order chi connectivity index (χ1) is 17.3. The van der Waals surface area contributed by atoms with Gasteiger partial charge in [-0.2, -0.15) is 5.26 Å². The van der Waals surface area contributed by atoms with E-state index in [9.17, 15) is 15.2 Å². The van der Waals surface area contributed by atoms with E-state index in [-0.39, 0.29) is 23.5 Å². The number of fused-ring (bicyclic) bond motifs is 1. The molecular weight excluding hydrogens is 454 g/mol. The van der Waals surface area contributed by atoms with Gasteiger partial charge in [-0.15, -0.1) is 0 Å². The molecule has 1 heterocycles. The van der Waals surface area contributed by atoms with Gasteiger partial charge in [-0.1, -0.05) is 42.5 Å². The normalized spacial score (nSPS) is 16.9. The van der Waals surface area contributed by atoms with Crippen molar-refractivity contribution in [2.24, 2.45) is 0 Å². The van der Waals surface area contributed by atoms with Crippen LogP contribution < -0.4 is 15.4 Å². The third-order valence-corrected chi connectivity index (χ3v) is 6.31. The number of morpholine rings is 1. The fraction of sp³-hybridized carbons (Fsp3) is 0.379. The van der Waals surface area contributed by atoms with Crippen molar-refractivity contribution in [2.75, 3.05) is 32.8 Å². The molecule has 3 aromatic rings. The van der Waals surface area contributed by atoms with Crippen molar-refractivity contribution >= 4 is 16.6 Å². The Balaban J connectivity index is 1.29. The molecule has 1 unspecified atom stereocenters. The van der Waals surface area contributed by atoms with Gasteiger partial charge in [0, 0.05) is 30.7 Å². The Kier molecular flexibility index (Phi) is 8.34. The first-order valence-electron chi connectivity index (χ1n) is 12.3. The van der Waals surface area contributed by atoms with Gasteiger partial charge in [0.15, 0.2) is 5.78 Å².